The minimum atomic E-state index is -1.01. The van der Waals surface area contributed by atoms with E-state index in [1.54, 1.807) is 18.7 Å². The molecular weight excluding hydrogens is 222 g/mol. The Hall–Kier alpha value is -1.10. The number of nitrogens with zero attached hydrogens (tertiary/aromatic N) is 1. The van der Waals surface area contributed by atoms with Gasteiger partial charge in [-0.1, -0.05) is 6.92 Å². The van der Waals surface area contributed by atoms with Gasteiger partial charge in [-0.25, -0.2) is 0 Å². The minimum absolute atomic E-state index is 0.0405. The summed E-state index contributed by atoms with van der Waals surface area (Å²) < 4.78 is 5.32. The Balaban J connectivity index is 2.65. The third-order valence-electron chi connectivity index (χ3n) is 3.19. The maximum absolute atomic E-state index is 12.1. The number of hydrogen-bond donors (Lipinski definition) is 1. The average Bonchev–Trinajstić information content (AvgIpc) is 2.28. The van der Waals surface area contributed by atoms with Gasteiger partial charge in [-0.3, -0.25) is 9.59 Å². The number of carbonyl (C=O) groups is 2. The van der Waals surface area contributed by atoms with Crippen LogP contribution in [0, 0.1) is 5.41 Å². The summed E-state index contributed by atoms with van der Waals surface area (Å²) in [5, 5.41) is 9.02. The van der Waals surface area contributed by atoms with Gasteiger partial charge in [0.1, 0.15) is 0 Å². The second kappa shape index (κ2) is 5.49. The molecule has 1 amide bonds. The predicted octanol–water partition coefficient (Wildman–Crippen LogP) is 1.12. The van der Waals surface area contributed by atoms with E-state index in [9.17, 15) is 9.59 Å². The van der Waals surface area contributed by atoms with Crippen LogP contribution >= 0.6 is 0 Å². The van der Waals surface area contributed by atoms with Crippen LogP contribution in [-0.4, -0.2) is 47.7 Å². The van der Waals surface area contributed by atoms with Gasteiger partial charge in [-0.05, 0) is 20.3 Å². The highest BCUT2D eigenvalue weighted by molar-refractivity contribution is 5.84. The van der Waals surface area contributed by atoms with E-state index in [1.807, 2.05) is 6.92 Å². The Morgan fingerprint density at radius 3 is 2.65 bits per heavy atom. The second-order valence-corrected chi connectivity index (χ2v) is 5.09. The number of carbonyl (C=O) groups excluding carboxylic acids is 1. The van der Waals surface area contributed by atoms with Gasteiger partial charge in [0.15, 0.2) is 0 Å². The predicted molar refractivity (Wildman–Crippen MR) is 62.6 cm³/mol. The first-order valence-electron chi connectivity index (χ1n) is 5.99. The van der Waals surface area contributed by atoms with Crippen molar-refractivity contribution in [3.05, 3.63) is 0 Å². The van der Waals surface area contributed by atoms with Crippen LogP contribution in [0.4, 0.5) is 0 Å². The number of rotatable bonds is 4. The molecule has 0 aromatic rings. The topological polar surface area (TPSA) is 66.8 Å². The van der Waals surface area contributed by atoms with E-state index < -0.39 is 11.4 Å². The summed E-state index contributed by atoms with van der Waals surface area (Å²) in [6.45, 7) is 6.81. The van der Waals surface area contributed by atoms with Crippen molar-refractivity contribution in [1.29, 1.82) is 0 Å². The first-order valence-corrected chi connectivity index (χ1v) is 5.99. The fraction of sp³-hybridized carbons (Fsp3) is 0.833. The number of carboxylic acid groups (broad SMARTS) is 1. The van der Waals surface area contributed by atoms with Gasteiger partial charge in [0, 0.05) is 13.0 Å². The summed E-state index contributed by atoms with van der Waals surface area (Å²) in [5.74, 6) is -1.03. The van der Waals surface area contributed by atoms with Gasteiger partial charge in [-0.2, -0.15) is 0 Å². The molecule has 1 aliphatic rings. The second-order valence-electron chi connectivity index (χ2n) is 5.09. The van der Waals surface area contributed by atoms with Crippen molar-refractivity contribution in [3.8, 4) is 0 Å². The quantitative estimate of drug-likeness (QED) is 0.803. The Morgan fingerprint density at radius 2 is 2.12 bits per heavy atom. The molecule has 17 heavy (non-hydrogen) atoms. The van der Waals surface area contributed by atoms with Crippen LogP contribution < -0.4 is 0 Å². The van der Waals surface area contributed by atoms with Gasteiger partial charge in [0.2, 0.25) is 5.91 Å². The van der Waals surface area contributed by atoms with Crippen molar-refractivity contribution in [1.82, 2.24) is 4.90 Å². The van der Waals surface area contributed by atoms with E-state index in [0.29, 0.717) is 19.8 Å². The molecule has 0 radical (unpaired) electrons. The Labute approximate surface area is 102 Å². The van der Waals surface area contributed by atoms with E-state index in [0.717, 1.165) is 6.42 Å². The molecule has 5 heteroatoms. The summed E-state index contributed by atoms with van der Waals surface area (Å²) in [6, 6.07) is 0.0841. The number of ether oxygens (including phenoxy) is 1. The number of hydrogen-bond acceptors (Lipinski definition) is 3. The van der Waals surface area contributed by atoms with Gasteiger partial charge >= 0.3 is 5.97 Å². The van der Waals surface area contributed by atoms with Crippen LogP contribution in [0.2, 0.25) is 0 Å². The van der Waals surface area contributed by atoms with E-state index in [4.69, 9.17) is 9.84 Å². The minimum Gasteiger partial charge on any atom is -0.481 e. The Kier molecular flexibility index (Phi) is 4.51. The maximum atomic E-state index is 12.1. The fourth-order valence-corrected chi connectivity index (χ4v) is 1.88. The van der Waals surface area contributed by atoms with Crippen molar-refractivity contribution in [2.24, 2.45) is 5.41 Å². The fourth-order valence-electron chi connectivity index (χ4n) is 1.88. The molecule has 5 nitrogen and oxygen atoms in total. The standard InChI is InChI=1S/C12H21NO4/c1-4-9-8-17-6-5-13(9)10(14)7-12(2,3)11(15)16/h9H,4-8H2,1-3H3,(H,15,16). The van der Waals surface area contributed by atoms with Gasteiger partial charge in [0.05, 0.1) is 24.7 Å². The van der Waals surface area contributed by atoms with Crippen LogP contribution in [-0.2, 0) is 14.3 Å². The van der Waals surface area contributed by atoms with Crippen molar-refractivity contribution in [3.63, 3.8) is 0 Å². The van der Waals surface area contributed by atoms with Gasteiger partial charge in [-0.15, -0.1) is 0 Å². The molecule has 0 spiro atoms. The summed E-state index contributed by atoms with van der Waals surface area (Å²) in [5.41, 5.74) is -1.01. The molecule has 1 atom stereocenters. The normalized spacial score (nSPS) is 21.4. The molecule has 0 saturated carbocycles. The molecule has 1 unspecified atom stereocenters. The molecular formula is C12H21NO4. The number of carboxylic acids is 1. The number of morpholine rings is 1. The molecule has 1 N–H and O–H groups in total. The maximum Gasteiger partial charge on any atom is 0.309 e. The SMILES string of the molecule is CCC1COCCN1C(=O)CC(C)(C)C(=O)O. The zero-order valence-corrected chi connectivity index (χ0v) is 10.7. The first-order chi connectivity index (χ1) is 7.88. The lowest BCUT2D eigenvalue weighted by Crippen LogP contribution is -2.49. The van der Waals surface area contributed by atoms with Crippen molar-refractivity contribution >= 4 is 11.9 Å². The Morgan fingerprint density at radius 1 is 1.47 bits per heavy atom. The van der Waals surface area contributed by atoms with Crippen LogP contribution in [0.1, 0.15) is 33.6 Å². The highest BCUT2D eigenvalue weighted by Gasteiger charge is 2.34. The van der Waals surface area contributed by atoms with Gasteiger partial charge < -0.3 is 14.7 Å². The third-order valence-corrected chi connectivity index (χ3v) is 3.19. The van der Waals surface area contributed by atoms with E-state index >= 15 is 0 Å². The van der Waals surface area contributed by atoms with Crippen LogP contribution in [0.25, 0.3) is 0 Å². The van der Waals surface area contributed by atoms with Crippen LogP contribution in [0.15, 0.2) is 0 Å². The molecule has 0 aliphatic carbocycles. The monoisotopic (exact) mass is 243 g/mol. The molecule has 1 heterocycles. The summed E-state index contributed by atoms with van der Waals surface area (Å²) in [4.78, 5) is 24.8. The zero-order valence-electron chi connectivity index (χ0n) is 10.7. The molecule has 1 fully saturated rings. The smallest absolute Gasteiger partial charge is 0.309 e. The molecule has 0 bridgehead atoms. The summed E-state index contributed by atoms with van der Waals surface area (Å²) >= 11 is 0. The van der Waals surface area contributed by atoms with Crippen molar-refractivity contribution in [2.75, 3.05) is 19.8 Å². The molecule has 1 rings (SSSR count). The average molecular weight is 243 g/mol. The summed E-state index contributed by atoms with van der Waals surface area (Å²) in [7, 11) is 0. The lowest BCUT2D eigenvalue weighted by atomic mass is 9.88. The highest BCUT2D eigenvalue weighted by Crippen LogP contribution is 2.23. The third kappa shape index (κ3) is 3.43. The molecule has 0 aromatic carbocycles. The Bertz CT molecular complexity index is 301. The molecule has 1 saturated heterocycles. The van der Waals surface area contributed by atoms with E-state index in [2.05, 4.69) is 0 Å². The first kappa shape index (κ1) is 14.0. The van der Waals surface area contributed by atoms with Crippen molar-refractivity contribution in [2.45, 2.75) is 39.7 Å². The molecule has 0 aromatic heterocycles. The summed E-state index contributed by atoms with van der Waals surface area (Å²) in [6.07, 6.45) is 0.873. The van der Waals surface area contributed by atoms with Crippen molar-refractivity contribution < 1.29 is 19.4 Å². The zero-order chi connectivity index (χ0) is 13.1. The van der Waals surface area contributed by atoms with E-state index in [-0.39, 0.29) is 18.4 Å². The van der Waals surface area contributed by atoms with Crippen LogP contribution in [0.5, 0.6) is 0 Å². The molecule has 1 aliphatic heterocycles. The molecule has 98 valence electrons. The lowest BCUT2D eigenvalue weighted by Gasteiger charge is -2.36. The van der Waals surface area contributed by atoms with E-state index in [1.165, 1.54) is 0 Å². The van der Waals surface area contributed by atoms with Crippen LogP contribution in [0.3, 0.4) is 0 Å². The lowest BCUT2D eigenvalue weighted by molar-refractivity contribution is -0.154. The number of amides is 1. The van der Waals surface area contributed by atoms with Gasteiger partial charge in [0.25, 0.3) is 0 Å². The number of aliphatic carboxylic acids is 1. The highest BCUT2D eigenvalue weighted by atomic mass is 16.5. The largest absolute Gasteiger partial charge is 0.481 e.